The maximum atomic E-state index is 12.1. The molecule has 0 saturated heterocycles. The van der Waals surface area contributed by atoms with E-state index >= 15 is 0 Å². The number of allylic oxidation sites excluding steroid dienone is 2. The van der Waals surface area contributed by atoms with Crippen molar-refractivity contribution in [2.45, 2.75) is 101 Å². The quantitative estimate of drug-likeness (QED) is 0.0306. The summed E-state index contributed by atoms with van der Waals surface area (Å²) in [4.78, 5) is 114. The minimum Gasteiger partial charge on any atom is -0.359 e. The second-order valence-corrected chi connectivity index (χ2v) is 14.4. The molecule has 0 aromatic carbocycles. The number of ketones is 4. The Kier molecular flexibility index (Phi) is 29.6. The van der Waals surface area contributed by atoms with Crippen LogP contribution in [0.3, 0.4) is 0 Å². The van der Waals surface area contributed by atoms with Gasteiger partial charge < -0.3 is 43.4 Å². The molecule has 20 heteroatoms. The van der Waals surface area contributed by atoms with E-state index in [0.717, 1.165) is 43.6 Å². The Balaban J connectivity index is 0.000000943. The van der Waals surface area contributed by atoms with E-state index in [0.29, 0.717) is 32.4 Å². The molecule has 0 spiro atoms. The summed E-state index contributed by atoms with van der Waals surface area (Å²) < 4.78 is 0. The minimum atomic E-state index is -0.930. The van der Waals surface area contributed by atoms with Crippen molar-refractivity contribution in [1.82, 2.24) is 31.9 Å². The molecule has 3 atom stereocenters. The number of nitrogens with two attached hydrogens (primary N) is 2. The molecule has 1 unspecified atom stereocenters. The van der Waals surface area contributed by atoms with Gasteiger partial charge in [-0.1, -0.05) is 12.8 Å². The Morgan fingerprint density at radius 2 is 1.16 bits per heavy atom. The van der Waals surface area contributed by atoms with Crippen LogP contribution in [0, 0.1) is 0 Å². The molecule has 2 aliphatic rings. The van der Waals surface area contributed by atoms with Gasteiger partial charge in [-0.2, -0.15) is 24.4 Å². The van der Waals surface area contributed by atoms with Crippen LogP contribution in [0.25, 0.3) is 0 Å². The summed E-state index contributed by atoms with van der Waals surface area (Å²) in [5.41, 5.74) is 10.7. The van der Waals surface area contributed by atoms with E-state index in [4.69, 9.17) is 11.5 Å². The van der Waals surface area contributed by atoms with Crippen molar-refractivity contribution in [3.8, 4) is 0 Å². The van der Waals surface area contributed by atoms with Gasteiger partial charge in [0.05, 0.1) is 30.9 Å². The number of hydrogen-bond acceptors (Lipinski definition) is 14. The molecular formula is C36H60N8O10S2. The van der Waals surface area contributed by atoms with Crippen molar-refractivity contribution >= 4 is 83.0 Å². The minimum absolute atomic E-state index is 0.0148. The Morgan fingerprint density at radius 1 is 0.696 bits per heavy atom. The summed E-state index contributed by atoms with van der Waals surface area (Å²) in [6.45, 7) is 1.15. The smallest absolute Gasteiger partial charge is 0.243 e. The summed E-state index contributed by atoms with van der Waals surface area (Å²) in [5, 5.41) is 15.0. The van der Waals surface area contributed by atoms with Crippen LogP contribution in [0.15, 0.2) is 12.2 Å². The number of rotatable bonds is 24. The molecule has 0 heterocycles. The molecule has 6 amide bonds. The average molecular weight is 829 g/mol. The van der Waals surface area contributed by atoms with Crippen molar-refractivity contribution in [2.24, 2.45) is 11.5 Å². The molecular weight excluding hydrogens is 769 g/mol. The van der Waals surface area contributed by atoms with Crippen LogP contribution in [0.1, 0.15) is 83.5 Å². The second kappa shape index (κ2) is 32.0. The third-order valence-corrected chi connectivity index (χ3v) is 9.58. The predicted octanol–water partition coefficient (Wildman–Crippen LogP) is -1.47. The third kappa shape index (κ3) is 25.8. The van der Waals surface area contributed by atoms with E-state index in [2.05, 4.69) is 44.5 Å². The first-order valence-electron chi connectivity index (χ1n) is 18.7. The Labute approximate surface area is 338 Å². The van der Waals surface area contributed by atoms with Crippen molar-refractivity contribution in [3.05, 3.63) is 12.2 Å². The normalized spacial score (nSPS) is 15.3. The first-order chi connectivity index (χ1) is 26.7. The molecule has 56 heavy (non-hydrogen) atoms. The lowest BCUT2D eigenvalue weighted by Gasteiger charge is -2.17. The number of unbranched alkanes of at least 4 members (excludes halogenated alkanes) is 4. The van der Waals surface area contributed by atoms with Crippen LogP contribution in [0.5, 0.6) is 0 Å². The summed E-state index contributed by atoms with van der Waals surface area (Å²) in [6.07, 6.45) is 8.35. The highest BCUT2D eigenvalue weighted by atomic mass is 32.2. The van der Waals surface area contributed by atoms with Crippen LogP contribution in [0.4, 0.5) is 0 Å². The van der Waals surface area contributed by atoms with Crippen molar-refractivity contribution in [2.75, 3.05) is 51.8 Å². The number of Topliss-reactive ketones (excluding diaryl/α,β-unsaturated/α-hetero) is 2. The molecule has 0 radical (unpaired) electrons. The first kappa shape index (κ1) is 51.9. The topological polar surface area (TPSA) is 295 Å². The lowest BCUT2D eigenvalue weighted by Crippen LogP contribution is -2.49. The zero-order chi connectivity index (χ0) is 42.3. The van der Waals surface area contributed by atoms with Crippen molar-refractivity contribution in [1.29, 1.82) is 0 Å². The molecule has 2 aliphatic carbocycles. The third-order valence-electron chi connectivity index (χ3n) is 7.90. The molecule has 316 valence electrons. The van der Waals surface area contributed by atoms with Gasteiger partial charge in [0.25, 0.3) is 0 Å². The Morgan fingerprint density at radius 3 is 1.52 bits per heavy atom. The molecule has 10 N–H and O–H groups in total. The van der Waals surface area contributed by atoms with Gasteiger partial charge in [0.1, 0.15) is 17.9 Å². The molecule has 18 nitrogen and oxygen atoms in total. The van der Waals surface area contributed by atoms with Crippen molar-refractivity contribution in [3.63, 3.8) is 0 Å². The van der Waals surface area contributed by atoms with Gasteiger partial charge in [0, 0.05) is 59.5 Å². The van der Waals surface area contributed by atoms with Gasteiger partial charge in [0.15, 0.2) is 17.3 Å². The van der Waals surface area contributed by atoms with Gasteiger partial charge in [-0.15, -0.1) is 0 Å². The maximum absolute atomic E-state index is 12.1. The standard InChI is InChI=1S/C18H30N4O5S.C13H26N4O3S.C5H4O2/c1-20-17(26)11-13(18(27)21-7-6-19)22-16(25)5-3-2-4-8-28-15-10-12(23)9-14(15)24;1-15-12(19)9-10(13(20)16-7-6-14)17-11(18)5-3-2-4-8-21;6-4-1-2-5(7)3-4/h13,15H,2-11,19H2,1H3,(H,20,26)(H,21,27)(H,22,25);10,21H,2-9,14H2,1H3,(H,15,19)(H,16,20)(H,17,18);1-2H,3H2/t13-,15?;10-;/m00./s1. The van der Waals surface area contributed by atoms with Gasteiger partial charge >= 0.3 is 0 Å². The SMILES string of the molecule is CNC(=O)C[C@H](NC(=O)CCCCCS)C(=O)NCCN.CNC(=O)C[C@H](NC(=O)CCCCCSC1CC(=O)CC1=O)C(=O)NCCN.O=C1C=CC(=O)C1. The number of nitrogens with one attached hydrogen (secondary N) is 6. The number of carbonyl (C=O) groups excluding carboxylic acids is 10. The van der Waals surface area contributed by atoms with Gasteiger partial charge in [-0.3, -0.25) is 47.9 Å². The largest absolute Gasteiger partial charge is 0.359 e. The van der Waals surface area contributed by atoms with E-state index < -0.39 is 23.9 Å². The number of thiol groups is 1. The summed E-state index contributed by atoms with van der Waals surface area (Å²) in [5.74, 6) is -0.563. The van der Waals surface area contributed by atoms with Crippen LogP contribution >= 0.6 is 24.4 Å². The van der Waals surface area contributed by atoms with Crippen LogP contribution in [-0.4, -0.2) is 128 Å². The van der Waals surface area contributed by atoms with Crippen LogP contribution in [-0.2, 0) is 47.9 Å². The lowest BCUT2D eigenvalue weighted by atomic mass is 10.1. The molecule has 2 rings (SSSR count). The Hall–Kier alpha value is -4.14. The second-order valence-electron chi connectivity index (χ2n) is 12.7. The Bertz CT molecular complexity index is 1350. The lowest BCUT2D eigenvalue weighted by molar-refractivity contribution is -0.131. The highest BCUT2D eigenvalue weighted by molar-refractivity contribution is 8.00. The van der Waals surface area contributed by atoms with Gasteiger partial charge in [0.2, 0.25) is 35.4 Å². The predicted molar refractivity (Wildman–Crippen MR) is 215 cm³/mol. The van der Waals surface area contributed by atoms with Gasteiger partial charge in [-0.05, 0) is 49.3 Å². The number of thioether (sulfide) groups is 1. The molecule has 1 fully saturated rings. The fourth-order valence-corrected chi connectivity index (χ4v) is 6.31. The summed E-state index contributed by atoms with van der Waals surface area (Å²) in [6, 6.07) is -1.80. The highest BCUT2D eigenvalue weighted by Gasteiger charge is 2.30. The fraction of sp³-hybridized carbons (Fsp3) is 0.667. The summed E-state index contributed by atoms with van der Waals surface area (Å²) >= 11 is 5.61. The summed E-state index contributed by atoms with van der Waals surface area (Å²) in [7, 11) is 2.95. The monoisotopic (exact) mass is 828 g/mol. The molecule has 0 aromatic rings. The fourth-order valence-electron chi connectivity index (χ4n) is 4.86. The van der Waals surface area contributed by atoms with E-state index in [1.165, 1.54) is 38.0 Å². The zero-order valence-corrected chi connectivity index (χ0v) is 34.1. The zero-order valence-electron chi connectivity index (χ0n) is 32.4. The van der Waals surface area contributed by atoms with E-state index in [9.17, 15) is 47.9 Å². The highest BCUT2D eigenvalue weighted by Crippen LogP contribution is 2.25. The molecule has 0 bridgehead atoms. The van der Waals surface area contributed by atoms with E-state index in [1.54, 1.807) is 0 Å². The van der Waals surface area contributed by atoms with Gasteiger partial charge in [-0.25, -0.2) is 0 Å². The number of carbonyl (C=O) groups is 10. The molecule has 1 saturated carbocycles. The van der Waals surface area contributed by atoms with Crippen LogP contribution < -0.4 is 43.4 Å². The van der Waals surface area contributed by atoms with Crippen molar-refractivity contribution < 1.29 is 47.9 Å². The van der Waals surface area contributed by atoms with E-state index in [1.807, 2.05) is 0 Å². The molecule has 0 aliphatic heterocycles. The number of hydrogen-bond donors (Lipinski definition) is 9. The first-order valence-corrected chi connectivity index (χ1v) is 20.3. The number of amides is 6. The van der Waals surface area contributed by atoms with Crippen LogP contribution in [0.2, 0.25) is 0 Å². The average Bonchev–Trinajstić information content (AvgIpc) is 3.72. The maximum Gasteiger partial charge on any atom is 0.243 e. The molecule has 0 aromatic heterocycles. The van der Waals surface area contributed by atoms with E-state index in [-0.39, 0.29) is 97.2 Å².